The standard InChI is InChI=1S/C15H15NO6/c17-11(18)7-2-1-3-8-16-13(19)9-5-4-6-10(15(21)22)12(9)14(16)20/h4-6H,1-3,7-8H2,(H,17,18)(H,21,22). The predicted molar refractivity (Wildman–Crippen MR) is 74.9 cm³/mol. The number of aromatic carboxylic acids is 1. The second-order valence-corrected chi connectivity index (χ2v) is 5.00. The summed E-state index contributed by atoms with van der Waals surface area (Å²) in [5.41, 5.74) is -0.134. The van der Waals surface area contributed by atoms with E-state index in [1.165, 1.54) is 18.2 Å². The molecule has 0 unspecified atom stereocenters. The molecule has 1 aromatic carbocycles. The molecule has 0 bridgehead atoms. The van der Waals surface area contributed by atoms with E-state index in [-0.39, 0.29) is 29.7 Å². The van der Waals surface area contributed by atoms with Crippen LogP contribution in [-0.2, 0) is 4.79 Å². The van der Waals surface area contributed by atoms with E-state index in [2.05, 4.69) is 0 Å². The van der Waals surface area contributed by atoms with Crippen molar-refractivity contribution >= 4 is 23.8 Å². The molecule has 7 nitrogen and oxygen atoms in total. The Hall–Kier alpha value is -2.70. The molecule has 1 aliphatic rings. The van der Waals surface area contributed by atoms with Gasteiger partial charge in [0.1, 0.15) is 0 Å². The fraction of sp³-hybridized carbons (Fsp3) is 0.333. The predicted octanol–water partition coefficient (Wildman–Crippen LogP) is 1.63. The van der Waals surface area contributed by atoms with E-state index in [4.69, 9.17) is 10.2 Å². The molecule has 2 rings (SSSR count). The zero-order valence-corrected chi connectivity index (χ0v) is 11.7. The van der Waals surface area contributed by atoms with Crippen LogP contribution in [0.5, 0.6) is 0 Å². The molecule has 22 heavy (non-hydrogen) atoms. The highest BCUT2D eigenvalue weighted by Gasteiger charge is 2.38. The van der Waals surface area contributed by atoms with Gasteiger partial charge in [-0.1, -0.05) is 12.5 Å². The molecule has 0 aliphatic carbocycles. The van der Waals surface area contributed by atoms with Crippen LogP contribution in [0, 0.1) is 0 Å². The van der Waals surface area contributed by atoms with Crippen molar-refractivity contribution < 1.29 is 29.4 Å². The topological polar surface area (TPSA) is 112 Å². The first-order valence-corrected chi connectivity index (χ1v) is 6.87. The Morgan fingerprint density at radius 2 is 1.73 bits per heavy atom. The van der Waals surface area contributed by atoms with E-state index in [1.54, 1.807) is 0 Å². The number of carboxylic acids is 2. The Kier molecular flexibility index (Phi) is 4.55. The van der Waals surface area contributed by atoms with Crippen LogP contribution >= 0.6 is 0 Å². The molecule has 0 saturated heterocycles. The van der Waals surface area contributed by atoms with Crippen LogP contribution in [0.15, 0.2) is 18.2 Å². The molecule has 7 heteroatoms. The Morgan fingerprint density at radius 3 is 2.36 bits per heavy atom. The molecular weight excluding hydrogens is 290 g/mol. The number of amides is 2. The van der Waals surface area contributed by atoms with Crippen molar-refractivity contribution in [2.24, 2.45) is 0 Å². The zero-order valence-electron chi connectivity index (χ0n) is 11.7. The lowest BCUT2D eigenvalue weighted by atomic mass is 10.0. The molecule has 0 atom stereocenters. The van der Waals surface area contributed by atoms with Crippen LogP contribution in [0.3, 0.4) is 0 Å². The molecule has 0 fully saturated rings. The highest BCUT2D eigenvalue weighted by atomic mass is 16.4. The van der Waals surface area contributed by atoms with Crippen molar-refractivity contribution in [1.82, 2.24) is 4.90 Å². The maximum absolute atomic E-state index is 12.3. The average molecular weight is 305 g/mol. The van der Waals surface area contributed by atoms with Crippen molar-refractivity contribution in [3.63, 3.8) is 0 Å². The summed E-state index contributed by atoms with van der Waals surface area (Å²) >= 11 is 0. The lowest BCUT2D eigenvalue weighted by molar-refractivity contribution is -0.137. The molecule has 0 saturated carbocycles. The summed E-state index contributed by atoms with van der Waals surface area (Å²) in [5, 5.41) is 17.6. The zero-order chi connectivity index (χ0) is 16.3. The summed E-state index contributed by atoms with van der Waals surface area (Å²) in [7, 11) is 0. The Labute approximate surface area is 126 Å². The van der Waals surface area contributed by atoms with Crippen LogP contribution in [-0.4, -0.2) is 45.4 Å². The van der Waals surface area contributed by atoms with Gasteiger partial charge in [-0.05, 0) is 25.0 Å². The van der Waals surface area contributed by atoms with Gasteiger partial charge < -0.3 is 10.2 Å². The minimum Gasteiger partial charge on any atom is -0.481 e. The third kappa shape index (κ3) is 2.98. The van der Waals surface area contributed by atoms with Crippen LogP contribution in [0.25, 0.3) is 0 Å². The maximum atomic E-state index is 12.3. The number of carboxylic acid groups (broad SMARTS) is 2. The van der Waals surface area contributed by atoms with Crippen molar-refractivity contribution in [2.75, 3.05) is 6.54 Å². The van der Waals surface area contributed by atoms with E-state index in [0.29, 0.717) is 19.3 Å². The molecule has 116 valence electrons. The van der Waals surface area contributed by atoms with Gasteiger partial charge in [0, 0.05) is 13.0 Å². The Balaban J connectivity index is 2.06. The maximum Gasteiger partial charge on any atom is 0.336 e. The summed E-state index contributed by atoms with van der Waals surface area (Å²) in [6.07, 6.45) is 1.58. The summed E-state index contributed by atoms with van der Waals surface area (Å²) in [6.45, 7) is 0.158. The molecule has 0 radical (unpaired) electrons. The van der Waals surface area contributed by atoms with Crippen LogP contribution in [0.1, 0.15) is 56.8 Å². The number of rotatable bonds is 7. The van der Waals surface area contributed by atoms with Gasteiger partial charge in [-0.3, -0.25) is 19.3 Å². The van der Waals surface area contributed by atoms with Gasteiger partial charge >= 0.3 is 11.9 Å². The minimum absolute atomic E-state index is 0.0469. The van der Waals surface area contributed by atoms with Gasteiger partial charge in [0.25, 0.3) is 11.8 Å². The fourth-order valence-electron chi connectivity index (χ4n) is 2.44. The quantitative estimate of drug-likeness (QED) is 0.585. The Morgan fingerprint density at radius 1 is 1.00 bits per heavy atom. The number of carbonyl (C=O) groups excluding carboxylic acids is 2. The molecule has 0 aromatic heterocycles. The number of carbonyl (C=O) groups is 4. The molecule has 1 heterocycles. The van der Waals surface area contributed by atoms with Gasteiger partial charge in [0.05, 0.1) is 16.7 Å². The monoisotopic (exact) mass is 305 g/mol. The third-order valence-corrected chi connectivity index (χ3v) is 3.50. The first-order chi connectivity index (χ1) is 10.4. The number of hydrogen-bond acceptors (Lipinski definition) is 4. The lowest BCUT2D eigenvalue weighted by Gasteiger charge is -2.13. The first-order valence-electron chi connectivity index (χ1n) is 6.87. The average Bonchev–Trinajstić information content (AvgIpc) is 2.71. The second kappa shape index (κ2) is 6.38. The summed E-state index contributed by atoms with van der Waals surface area (Å²) in [5.74, 6) is -3.23. The molecule has 0 spiro atoms. The number of hydrogen-bond donors (Lipinski definition) is 2. The van der Waals surface area contributed by atoms with E-state index in [9.17, 15) is 19.2 Å². The fourth-order valence-corrected chi connectivity index (χ4v) is 2.44. The Bertz CT molecular complexity index is 651. The third-order valence-electron chi connectivity index (χ3n) is 3.50. The minimum atomic E-state index is -1.25. The van der Waals surface area contributed by atoms with Gasteiger partial charge in [-0.2, -0.15) is 0 Å². The smallest absolute Gasteiger partial charge is 0.336 e. The summed E-state index contributed by atoms with van der Waals surface area (Å²) in [6, 6.07) is 4.17. The lowest BCUT2D eigenvalue weighted by Crippen LogP contribution is -2.31. The highest BCUT2D eigenvalue weighted by Crippen LogP contribution is 2.26. The van der Waals surface area contributed by atoms with Crippen LogP contribution < -0.4 is 0 Å². The number of imide groups is 1. The largest absolute Gasteiger partial charge is 0.481 e. The van der Waals surface area contributed by atoms with Crippen molar-refractivity contribution in [2.45, 2.75) is 25.7 Å². The van der Waals surface area contributed by atoms with Crippen LogP contribution in [0.2, 0.25) is 0 Å². The van der Waals surface area contributed by atoms with E-state index in [1.807, 2.05) is 0 Å². The highest BCUT2D eigenvalue weighted by molar-refractivity contribution is 6.24. The van der Waals surface area contributed by atoms with Crippen molar-refractivity contribution in [3.8, 4) is 0 Å². The number of unbranched alkanes of at least 4 members (excludes halogenated alkanes) is 2. The van der Waals surface area contributed by atoms with Crippen LogP contribution in [0.4, 0.5) is 0 Å². The second-order valence-electron chi connectivity index (χ2n) is 5.00. The SMILES string of the molecule is O=C(O)CCCCCN1C(=O)c2cccc(C(=O)O)c2C1=O. The molecule has 1 aliphatic heterocycles. The molecule has 1 aromatic rings. The van der Waals surface area contributed by atoms with Gasteiger partial charge in [0.2, 0.25) is 0 Å². The summed E-state index contributed by atoms with van der Waals surface area (Å²) in [4.78, 5) is 47.0. The van der Waals surface area contributed by atoms with Crippen molar-refractivity contribution in [1.29, 1.82) is 0 Å². The van der Waals surface area contributed by atoms with E-state index in [0.717, 1.165) is 4.90 Å². The van der Waals surface area contributed by atoms with E-state index < -0.39 is 23.8 Å². The molecule has 2 N–H and O–H groups in total. The molecular formula is C15H15NO6. The number of fused-ring (bicyclic) bond motifs is 1. The van der Waals surface area contributed by atoms with Gasteiger partial charge in [0.15, 0.2) is 0 Å². The number of benzene rings is 1. The first kappa shape index (κ1) is 15.7. The normalized spacial score (nSPS) is 13.4. The van der Waals surface area contributed by atoms with Crippen molar-refractivity contribution in [3.05, 3.63) is 34.9 Å². The number of aliphatic carboxylic acids is 1. The number of nitrogens with zero attached hydrogens (tertiary/aromatic N) is 1. The van der Waals surface area contributed by atoms with Gasteiger partial charge in [-0.15, -0.1) is 0 Å². The summed E-state index contributed by atoms with van der Waals surface area (Å²) < 4.78 is 0. The molecule has 2 amide bonds. The van der Waals surface area contributed by atoms with E-state index >= 15 is 0 Å². The van der Waals surface area contributed by atoms with Gasteiger partial charge in [-0.25, -0.2) is 4.79 Å².